The summed E-state index contributed by atoms with van der Waals surface area (Å²) in [6.07, 6.45) is 1.63. The van der Waals surface area contributed by atoms with Gasteiger partial charge in [-0.25, -0.2) is 8.70 Å². The van der Waals surface area contributed by atoms with Crippen LogP contribution in [0, 0.1) is 0 Å². The molecule has 1 heterocycles. The monoisotopic (exact) mass is 152 g/mol. The van der Waals surface area contributed by atoms with E-state index in [9.17, 15) is 0 Å². The van der Waals surface area contributed by atoms with E-state index in [0.29, 0.717) is 0 Å². The zero-order valence-corrected chi connectivity index (χ0v) is 5.96. The minimum absolute atomic E-state index is 0.0532. The van der Waals surface area contributed by atoms with E-state index in [-0.39, 0.29) is 4.71 Å². The van der Waals surface area contributed by atoms with Gasteiger partial charge in [0.15, 0.2) is 4.71 Å². The van der Waals surface area contributed by atoms with Gasteiger partial charge in [0, 0.05) is 11.9 Å². The van der Waals surface area contributed by atoms with Gasteiger partial charge in [-0.05, 0) is 0 Å². The zero-order chi connectivity index (χ0) is 5.28. The highest BCUT2D eigenvalue weighted by atomic mass is 32.2. The predicted octanol–water partition coefficient (Wildman–Crippen LogP) is 1.04. The van der Waals surface area contributed by atoms with Crippen molar-refractivity contribution in [1.29, 1.82) is 0 Å². The number of hydrogen-bond acceptors (Lipinski definition) is 5. The van der Waals surface area contributed by atoms with Crippen LogP contribution in [0.5, 0.6) is 0 Å². The van der Waals surface area contributed by atoms with Gasteiger partial charge in [0.2, 0.25) is 0 Å². The minimum Gasteiger partial charge on any atom is -0.248 e. The van der Waals surface area contributed by atoms with Crippen molar-refractivity contribution in [2.45, 2.75) is 4.71 Å². The highest BCUT2D eigenvalue weighted by Crippen LogP contribution is 2.25. The Balaban J connectivity index is 2.42. The fourth-order valence-electron chi connectivity index (χ4n) is 0.265. The largest absolute Gasteiger partial charge is 0.248 e. The van der Waals surface area contributed by atoms with Gasteiger partial charge in [0.05, 0.1) is 0 Å². The molecule has 0 saturated heterocycles. The van der Waals surface area contributed by atoms with Gasteiger partial charge in [0.1, 0.15) is 6.34 Å². The van der Waals surface area contributed by atoms with Gasteiger partial charge in [-0.1, -0.05) is 12.8 Å². The topological polar surface area (TPSA) is 15.6 Å². The molecule has 0 bridgehead atoms. The molecule has 1 aliphatic heterocycles. The highest BCUT2D eigenvalue weighted by Gasteiger charge is 2.09. The van der Waals surface area contributed by atoms with Crippen molar-refractivity contribution in [3.05, 3.63) is 0 Å². The molecule has 1 aliphatic rings. The highest BCUT2D eigenvalue weighted by molar-refractivity contribution is 8.14. The zero-order valence-electron chi connectivity index (χ0n) is 3.35. The van der Waals surface area contributed by atoms with Crippen LogP contribution >= 0.6 is 37.4 Å². The fraction of sp³-hybridized carbons (Fsp3) is 0.500. The van der Waals surface area contributed by atoms with Crippen molar-refractivity contribution in [2.24, 2.45) is 4.99 Å². The fourth-order valence-corrected chi connectivity index (χ4v) is 1.59. The Bertz CT molecular complexity index is 82.9. The molecule has 0 fully saturated rings. The Kier molecular flexibility index (Phi) is 1.77. The van der Waals surface area contributed by atoms with Gasteiger partial charge in [0.25, 0.3) is 0 Å². The molecule has 2 nitrogen and oxygen atoms in total. The molecular formula is C2H4N2S3. The summed E-state index contributed by atoms with van der Waals surface area (Å²) < 4.78 is 1.68. The lowest BCUT2D eigenvalue weighted by molar-refractivity contribution is 1.23. The molecule has 0 radical (unpaired) electrons. The van der Waals surface area contributed by atoms with Crippen molar-refractivity contribution in [3.8, 4) is 0 Å². The third-order valence-corrected chi connectivity index (χ3v) is 1.92. The van der Waals surface area contributed by atoms with Crippen molar-refractivity contribution < 1.29 is 0 Å². The van der Waals surface area contributed by atoms with E-state index in [0.717, 1.165) is 0 Å². The van der Waals surface area contributed by atoms with Crippen LogP contribution in [0.1, 0.15) is 0 Å². The second-order valence-electron chi connectivity index (χ2n) is 0.999. The molecule has 40 valence electrons. The lowest BCUT2D eigenvalue weighted by Crippen LogP contribution is -1.89. The summed E-state index contributed by atoms with van der Waals surface area (Å²) >= 11 is 9.44. The molecule has 5 heteroatoms. The molecule has 0 amide bonds. The molecule has 0 aromatic heterocycles. The quantitative estimate of drug-likeness (QED) is 0.398. The van der Waals surface area contributed by atoms with Crippen LogP contribution in [0.3, 0.4) is 0 Å². The van der Waals surface area contributed by atoms with Crippen LogP contribution in [0.4, 0.5) is 0 Å². The van der Waals surface area contributed by atoms with E-state index in [2.05, 4.69) is 30.4 Å². The number of rotatable bonds is 0. The summed E-state index contributed by atoms with van der Waals surface area (Å²) in [5.74, 6) is 0. The second-order valence-corrected chi connectivity index (χ2v) is 3.59. The number of hydrogen-bond donors (Lipinski definition) is 2. The first kappa shape index (κ1) is 5.65. The molecule has 0 aromatic carbocycles. The summed E-state index contributed by atoms with van der Waals surface area (Å²) in [7, 11) is 0. The van der Waals surface area contributed by atoms with Gasteiger partial charge in [-0.15, -0.1) is 12.6 Å². The smallest absolute Gasteiger partial charge is 0.160 e. The molecule has 1 atom stereocenters. The van der Waals surface area contributed by atoms with Crippen molar-refractivity contribution >= 4 is 43.7 Å². The molecule has 0 saturated carbocycles. The first-order valence-corrected chi connectivity index (χ1v) is 3.40. The number of nitrogens with zero attached hydrogens (tertiary/aromatic N) is 2. The van der Waals surface area contributed by atoms with Crippen LogP contribution in [-0.4, -0.2) is 14.8 Å². The average Bonchev–Trinajstić information content (AvgIpc) is 1.87. The molecular weight excluding hydrogens is 148 g/mol. The molecule has 0 aromatic rings. The average molecular weight is 152 g/mol. The van der Waals surface area contributed by atoms with Crippen LogP contribution in [0.15, 0.2) is 4.99 Å². The van der Waals surface area contributed by atoms with E-state index in [1.165, 1.54) is 11.9 Å². The predicted molar refractivity (Wildman–Crippen MR) is 39.7 cm³/mol. The van der Waals surface area contributed by atoms with Crippen molar-refractivity contribution in [3.63, 3.8) is 0 Å². The number of aliphatic imine (C=N–C) groups is 1. The molecule has 0 spiro atoms. The Labute approximate surface area is 57.5 Å². The summed E-state index contributed by atoms with van der Waals surface area (Å²) in [5, 5.41) is 0. The third kappa shape index (κ3) is 1.47. The van der Waals surface area contributed by atoms with Gasteiger partial charge >= 0.3 is 0 Å². The van der Waals surface area contributed by atoms with E-state index < -0.39 is 0 Å². The third-order valence-electron chi connectivity index (χ3n) is 0.495. The maximum absolute atomic E-state index is 4.03. The summed E-state index contributed by atoms with van der Waals surface area (Å²) in [6.45, 7) is 0. The number of thiol groups is 2. The Hall–Kier alpha value is 0.520. The van der Waals surface area contributed by atoms with E-state index in [1.54, 1.807) is 10.0 Å². The first-order chi connectivity index (χ1) is 3.29. The molecule has 1 rings (SSSR count). The normalized spacial score (nSPS) is 29.4. The maximum Gasteiger partial charge on any atom is 0.160 e. The second kappa shape index (κ2) is 2.19. The van der Waals surface area contributed by atoms with Gasteiger partial charge < -0.3 is 0 Å². The van der Waals surface area contributed by atoms with Gasteiger partial charge in [-0.2, -0.15) is 0 Å². The maximum atomic E-state index is 4.03. The van der Waals surface area contributed by atoms with Gasteiger partial charge in [-0.3, -0.25) is 0 Å². The summed E-state index contributed by atoms with van der Waals surface area (Å²) in [6, 6.07) is 0. The molecule has 1 unspecified atom stereocenters. The summed E-state index contributed by atoms with van der Waals surface area (Å²) in [4.78, 5) is 3.87. The van der Waals surface area contributed by atoms with Crippen LogP contribution < -0.4 is 0 Å². The minimum atomic E-state index is 0.0532. The summed E-state index contributed by atoms with van der Waals surface area (Å²) in [5.41, 5.74) is 0. The molecule has 0 aliphatic carbocycles. The molecule has 7 heavy (non-hydrogen) atoms. The van der Waals surface area contributed by atoms with Crippen molar-refractivity contribution in [2.75, 3.05) is 0 Å². The van der Waals surface area contributed by atoms with E-state index >= 15 is 0 Å². The lowest BCUT2D eigenvalue weighted by Gasteiger charge is -1.99. The SMILES string of the molecule is SC1N=CN(S)S1. The Morgan fingerprint density at radius 1 is 1.86 bits per heavy atom. The van der Waals surface area contributed by atoms with Crippen LogP contribution in [-0.2, 0) is 0 Å². The Morgan fingerprint density at radius 2 is 2.57 bits per heavy atom. The molecule has 0 N–H and O–H groups in total. The van der Waals surface area contributed by atoms with Crippen molar-refractivity contribution in [1.82, 2.24) is 3.71 Å². The van der Waals surface area contributed by atoms with E-state index in [1.807, 2.05) is 0 Å². The lowest BCUT2D eigenvalue weighted by atomic mass is 11.3. The first-order valence-electron chi connectivity index (χ1n) is 1.65. The Morgan fingerprint density at radius 3 is 2.71 bits per heavy atom. The van der Waals surface area contributed by atoms with E-state index in [4.69, 9.17) is 0 Å². The van der Waals surface area contributed by atoms with Crippen LogP contribution in [0.25, 0.3) is 0 Å². The van der Waals surface area contributed by atoms with Crippen LogP contribution in [0.2, 0.25) is 0 Å². The standard InChI is InChI=1S/C2H4N2S3/c5-2-3-1-4(6)7-2/h1-2,5-6H.